The van der Waals surface area contributed by atoms with Crippen molar-refractivity contribution in [2.45, 2.75) is 20.3 Å². The van der Waals surface area contributed by atoms with Crippen molar-refractivity contribution in [3.8, 4) is 0 Å². The van der Waals surface area contributed by atoms with Crippen LogP contribution in [-0.2, 0) is 9.59 Å². The zero-order chi connectivity index (χ0) is 17.5. The lowest BCUT2D eigenvalue weighted by molar-refractivity contribution is -0.116. The highest BCUT2D eigenvalue weighted by Crippen LogP contribution is 2.20. The Morgan fingerprint density at radius 3 is 2.12 bits per heavy atom. The van der Waals surface area contributed by atoms with E-state index in [0.717, 1.165) is 15.7 Å². The Hall–Kier alpha value is -2.34. The first-order chi connectivity index (χ1) is 11.4. The molecule has 0 unspecified atom stereocenters. The molecule has 0 saturated carbocycles. The topological polar surface area (TPSA) is 70.2 Å². The Bertz CT molecular complexity index is 730. The number of halogens is 1. The molecule has 0 aliphatic carbocycles. The zero-order valence-electron chi connectivity index (χ0n) is 13.7. The number of carbonyl (C=O) groups is 2. The molecule has 0 fully saturated rings. The first kappa shape index (κ1) is 18.0. The minimum atomic E-state index is -0.124. The summed E-state index contributed by atoms with van der Waals surface area (Å²) in [6.45, 7) is 4.03. The average molecular weight is 390 g/mol. The number of hydrogen-bond donors (Lipinski definition) is 3. The van der Waals surface area contributed by atoms with Gasteiger partial charge in [0.05, 0.1) is 0 Å². The first-order valence-electron chi connectivity index (χ1n) is 7.61. The predicted octanol–water partition coefficient (Wildman–Crippen LogP) is 4.16. The zero-order valence-corrected chi connectivity index (χ0v) is 15.2. The number of amides is 2. The van der Waals surface area contributed by atoms with Gasteiger partial charge in [-0.15, -0.1) is 0 Å². The Balaban J connectivity index is 1.78. The molecule has 3 N–H and O–H groups in total. The third kappa shape index (κ3) is 5.70. The van der Waals surface area contributed by atoms with Crippen molar-refractivity contribution in [1.82, 2.24) is 0 Å². The number of carbonyl (C=O) groups excluding carboxylic acids is 2. The summed E-state index contributed by atoms with van der Waals surface area (Å²) in [6, 6.07) is 13.0. The van der Waals surface area contributed by atoms with Crippen molar-refractivity contribution in [2.24, 2.45) is 0 Å². The van der Waals surface area contributed by atoms with Crippen LogP contribution in [0.25, 0.3) is 0 Å². The van der Waals surface area contributed by atoms with Crippen LogP contribution in [-0.4, -0.2) is 18.4 Å². The maximum atomic E-state index is 12.0. The molecule has 2 aromatic carbocycles. The molecular formula is C18H20BrN3O2. The lowest BCUT2D eigenvalue weighted by Gasteiger charge is -2.09. The van der Waals surface area contributed by atoms with Gasteiger partial charge in [-0.05, 0) is 55.0 Å². The van der Waals surface area contributed by atoms with Gasteiger partial charge in [-0.1, -0.05) is 15.9 Å². The van der Waals surface area contributed by atoms with Crippen LogP contribution < -0.4 is 16.0 Å². The highest BCUT2D eigenvalue weighted by atomic mass is 79.9. The van der Waals surface area contributed by atoms with Crippen LogP contribution in [0.5, 0.6) is 0 Å². The second-order valence-corrected chi connectivity index (χ2v) is 6.30. The molecule has 0 aromatic heterocycles. The van der Waals surface area contributed by atoms with Crippen LogP contribution in [0.3, 0.4) is 0 Å². The summed E-state index contributed by atoms with van der Waals surface area (Å²) in [5, 5.41) is 8.74. The Morgan fingerprint density at radius 2 is 1.54 bits per heavy atom. The van der Waals surface area contributed by atoms with Gasteiger partial charge in [0.15, 0.2) is 0 Å². The largest absolute Gasteiger partial charge is 0.385 e. The van der Waals surface area contributed by atoms with Gasteiger partial charge in [-0.25, -0.2) is 0 Å². The molecule has 126 valence electrons. The van der Waals surface area contributed by atoms with E-state index in [-0.39, 0.29) is 11.8 Å². The normalized spacial score (nSPS) is 10.1. The summed E-state index contributed by atoms with van der Waals surface area (Å²) in [5.41, 5.74) is 3.54. The lowest BCUT2D eigenvalue weighted by atomic mass is 10.2. The monoisotopic (exact) mass is 389 g/mol. The van der Waals surface area contributed by atoms with Gasteiger partial charge >= 0.3 is 0 Å². The molecule has 0 bridgehead atoms. The number of rotatable bonds is 6. The van der Waals surface area contributed by atoms with Crippen molar-refractivity contribution in [1.29, 1.82) is 0 Å². The maximum absolute atomic E-state index is 12.0. The lowest BCUT2D eigenvalue weighted by Crippen LogP contribution is -2.16. The van der Waals surface area contributed by atoms with E-state index in [9.17, 15) is 9.59 Å². The van der Waals surface area contributed by atoms with E-state index in [0.29, 0.717) is 24.3 Å². The second-order valence-electron chi connectivity index (χ2n) is 5.45. The molecule has 5 nitrogen and oxygen atoms in total. The van der Waals surface area contributed by atoms with Crippen molar-refractivity contribution in [3.05, 3.63) is 52.5 Å². The third-order valence-electron chi connectivity index (χ3n) is 3.33. The number of aryl methyl sites for hydroxylation is 1. The van der Waals surface area contributed by atoms with Crippen molar-refractivity contribution >= 4 is 44.8 Å². The summed E-state index contributed by atoms with van der Waals surface area (Å²) >= 11 is 3.46. The fourth-order valence-electron chi connectivity index (χ4n) is 2.14. The maximum Gasteiger partial charge on any atom is 0.226 e. The van der Waals surface area contributed by atoms with Gasteiger partial charge in [0, 0.05) is 41.4 Å². The molecule has 0 saturated heterocycles. The molecule has 0 atom stereocenters. The minimum Gasteiger partial charge on any atom is -0.385 e. The summed E-state index contributed by atoms with van der Waals surface area (Å²) in [4.78, 5) is 22.9. The predicted molar refractivity (Wildman–Crippen MR) is 101 cm³/mol. The summed E-state index contributed by atoms with van der Waals surface area (Å²) in [5.74, 6) is -0.190. The van der Waals surface area contributed by atoms with Crippen LogP contribution in [0.1, 0.15) is 18.9 Å². The van der Waals surface area contributed by atoms with E-state index in [2.05, 4.69) is 31.9 Å². The summed E-state index contributed by atoms with van der Waals surface area (Å²) < 4.78 is 1.06. The molecule has 0 spiro atoms. The molecule has 2 rings (SSSR count). The number of benzene rings is 2. The van der Waals surface area contributed by atoms with Crippen LogP contribution in [0.2, 0.25) is 0 Å². The smallest absolute Gasteiger partial charge is 0.226 e. The van der Waals surface area contributed by atoms with Crippen LogP contribution in [0.15, 0.2) is 46.9 Å². The third-order valence-corrected chi connectivity index (χ3v) is 4.22. The van der Waals surface area contributed by atoms with E-state index in [1.165, 1.54) is 6.92 Å². The number of anilines is 3. The molecule has 0 aliphatic rings. The van der Waals surface area contributed by atoms with Crippen molar-refractivity contribution < 1.29 is 9.59 Å². The van der Waals surface area contributed by atoms with Crippen LogP contribution in [0.4, 0.5) is 17.1 Å². The number of nitrogens with one attached hydrogen (secondary N) is 3. The number of hydrogen-bond acceptors (Lipinski definition) is 3. The van der Waals surface area contributed by atoms with E-state index in [4.69, 9.17) is 0 Å². The van der Waals surface area contributed by atoms with Gasteiger partial charge in [-0.2, -0.15) is 0 Å². The van der Waals surface area contributed by atoms with Gasteiger partial charge in [-0.3, -0.25) is 9.59 Å². The summed E-state index contributed by atoms with van der Waals surface area (Å²) in [7, 11) is 0. The fraction of sp³-hybridized carbons (Fsp3) is 0.222. The standard InChI is InChI=1S/C18H20BrN3O2/c1-12-11-16(7-8-17(12)19)20-10-9-18(24)22-15-5-3-14(4-6-15)21-13(2)23/h3-8,11,20H,9-10H2,1-2H3,(H,21,23)(H,22,24). The van der Waals surface area contributed by atoms with E-state index in [1.54, 1.807) is 24.3 Å². The molecule has 6 heteroatoms. The van der Waals surface area contributed by atoms with E-state index >= 15 is 0 Å². The van der Waals surface area contributed by atoms with Gasteiger partial charge in [0.25, 0.3) is 0 Å². The molecule has 2 aromatic rings. The molecular weight excluding hydrogens is 370 g/mol. The Labute approximate surface area is 150 Å². The molecule has 24 heavy (non-hydrogen) atoms. The first-order valence-corrected chi connectivity index (χ1v) is 8.41. The quantitative estimate of drug-likeness (QED) is 0.694. The SMILES string of the molecule is CC(=O)Nc1ccc(NC(=O)CCNc2ccc(Br)c(C)c2)cc1. The van der Waals surface area contributed by atoms with E-state index in [1.807, 2.05) is 25.1 Å². The Kier molecular flexibility index (Phi) is 6.37. The second kappa shape index (κ2) is 8.49. The minimum absolute atomic E-state index is 0.0661. The van der Waals surface area contributed by atoms with E-state index < -0.39 is 0 Å². The highest BCUT2D eigenvalue weighted by molar-refractivity contribution is 9.10. The molecule has 0 aliphatic heterocycles. The average Bonchev–Trinajstić information content (AvgIpc) is 2.52. The molecule has 0 radical (unpaired) electrons. The van der Waals surface area contributed by atoms with Crippen molar-refractivity contribution in [3.63, 3.8) is 0 Å². The van der Waals surface area contributed by atoms with Gasteiger partial charge in [0.2, 0.25) is 11.8 Å². The van der Waals surface area contributed by atoms with Crippen molar-refractivity contribution in [2.75, 3.05) is 22.5 Å². The van der Waals surface area contributed by atoms with Gasteiger partial charge < -0.3 is 16.0 Å². The van der Waals surface area contributed by atoms with Gasteiger partial charge in [0.1, 0.15) is 0 Å². The van der Waals surface area contributed by atoms with Crippen LogP contribution >= 0.6 is 15.9 Å². The Morgan fingerprint density at radius 1 is 0.958 bits per heavy atom. The summed E-state index contributed by atoms with van der Waals surface area (Å²) in [6.07, 6.45) is 0.364. The highest BCUT2D eigenvalue weighted by Gasteiger charge is 2.03. The molecule has 0 heterocycles. The fourth-order valence-corrected chi connectivity index (χ4v) is 2.39. The molecule has 2 amide bonds. The van der Waals surface area contributed by atoms with Crippen LogP contribution in [0, 0.1) is 6.92 Å².